The van der Waals surface area contributed by atoms with Crippen molar-refractivity contribution in [2.24, 2.45) is 11.8 Å². The van der Waals surface area contributed by atoms with Crippen molar-refractivity contribution in [1.29, 1.82) is 0 Å². The van der Waals surface area contributed by atoms with E-state index in [1.54, 1.807) is 0 Å². The molecule has 2 aromatic rings. The summed E-state index contributed by atoms with van der Waals surface area (Å²) in [5.74, 6) is 1.66. The molecule has 0 saturated carbocycles. The molecule has 0 bridgehead atoms. The molecule has 1 saturated heterocycles. The number of anilines is 2. The molecule has 20 heavy (non-hydrogen) atoms. The minimum atomic E-state index is 0.765. The van der Waals surface area contributed by atoms with Crippen molar-refractivity contribution in [2.45, 2.75) is 26.7 Å². The number of nitrogen functional groups attached to an aromatic ring is 1. The molecule has 0 spiro atoms. The largest absolute Gasteiger partial charge is 0.397 e. The molecule has 1 aromatic heterocycles. The van der Waals surface area contributed by atoms with E-state index in [-0.39, 0.29) is 0 Å². The fourth-order valence-electron chi connectivity index (χ4n) is 3.27. The Morgan fingerprint density at radius 3 is 2.65 bits per heavy atom. The highest BCUT2D eigenvalue weighted by Crippen LogP contribution is 2.32. The highest BCUT2D eigenvalue weighted by atomic mass is 15.1. The number of benzene rings is 1. The van der Waals surface area contributed by atoms with Gasteiger partial charge in [-0.05, 0) is 36.8 Å². The summed E-state index contributed by atoms with van der Waals surface area (Å²) in [6.07, 6.45) is 4.44. The summed E-state index contributed by atoms with van der Waals surface area (Å²) >= 11 is 0. The normalized spacial score (nSPS) is 17.1. The average Bonchev–Trinajstić information content (AvgIpc) is 2.47. The van der Waals surface area contributed by atoms with Gasteiger partial charge >= 0.3 is 0 Å². The summed E-state index contributed by atoms with van der Waals surface area (Å²) in [7, 11) is 0. The molecule has 106 valence electrons. The zero-order chi connectivity index (χ0) is 14.1. The molecular formula is C17H23N3. The van der Waals surface area contributed by atoms with E-state index in [0.717, 1.165) is 36.1 Å². The molecule has 1 aliphatic rings. The SMILES string of the molecule is CC(C)C1CCN(c2ccnc3c(N)cccc23)CC1. The van der Waals surface area contributed by atoms with Crippen LogP contribution in [-0.2, 0) is 0 Å². The van der Waals surface area contributed by atoms with Gasteiger partial charge in [-0.25, -0.2) is 0 Å². The van der Waals surface area contributed by atoms with E-state index < -0.39 is 0 Å². The molecule has 1 aromatic carbocycles. The standard InChI is InChI=1S/C17H23N3/c1-12(2)13-7-10-20(11-8-13)16-6-9-19-17-14(16)4-3-5-15(17)18/h3-6,9,12-13H,7-8,10-11,18H2,1-2H3. The lowest BCUT2D eigenvalue weighted by Gasteiger charge is -2.35. The van der Waals surface area contributed by atoms with Crippen molar-refractivity contribution in [1.82, 2.24) is 4.98 Å². The number of para-hydroxylation sites is 1. The zero-order valence-electron chi connectivity index (χ0n) is 12.3. The van der Waals surface area contributed by atoms with Crippen LogP contribution in [0.4, 0.5) is 11.4 Å². The maximum atomic E-state index is 6.04. The summed E-state index contributed by atoms with van der Waals surface area (Å²) in [5, 5.41) is 1.18. The van der Waals surface area contributed by atoms with Crippen molar-refractivity contribution in [3.8, 4) is 0 Å². The van der Waals surface area contributed by atoms with Gasteiger partial charge in [-0.2, -0.15) is 0 Å². The zero-order valence-corrected chi connectivity index (χ0v) is 12.3. The molecule has 0 amide bonds. The Kier molecular flexibility index (Phi) is 3.51. The lowest BCUT2D eigenvalue weighted by molar-refractivity contribution is 0.311. The first-order chi connectivity index (χ1) is 9.66. The molecule has 0 aliphatic carbocycles. The first-order valence-corrected chi connectivity index (χ1v) is 7.55. The highest BCUT2D eigenvalue weighted by Gasteiger charge is 2.22. The first kappa shape index (κ1) is 13.2. The van der Waals surface area contributed by atoms with Crippen molar-refractivity contribution in [3.63, 3.8) is 0 Å². The van der Waals surface area contributed by atoms with Crippen molar-refractivity contribution in [3.05, 3.63) is 30.5 Å². The number of nitrogens with two attached hydrogens (primary N) is 1. The molecule has 3 heteroatoms. The average molecular weight is 269 g/mol. The lowest BCUT2D eigenvalue weighted by Crippen LogP contribution is -2.35. The number of rotatable bonds is 2. The Hall–Kier alpha value is -1.77. The Bertz CT molecular complexity index is 598. The molecule has 1 aliphatic heterocycles. The molecule has 3 nitrogen and oxygen atoms in total. The number of aromatic nitrogens is 1. The maximum Gasteiger partial charge on any atom is 0.0951 e. The van der Waals surface area contributed by atoms with Gasteiger partial charge in [0.1, 0.15) is 0 Å². The van der Waals surface area contributed by atoms with Crippen LogP contribution in [0.25, 0.3) is 10.9 Å². The van der Waals surface area contributed by atoms with Crippen LogP contribution < -0.4 is 10.6 Å². The van der Waals surface area contributed by atoms with Crippen molar-refractivity contribution in [2.75, 3.05) is 23.7 Å². The second-order valence-corrected chi connectivity index (χ2v) is 6.14. The van der Waals surface area contributed by atoms with E-state index in [4.69, 9.17) is 5.73 Å². The third kappa shape index (κ3) is 2.33. The van der Waals surface area contributed by atoms with E-state index in [9.17, 15) is 0 Å². The Morgan fingerprint density at radius 2 is 1.95 bits per heavy atom. The predicted octanol–water partition coefficient (Wildman–Crippen LogP) is 3.69. The number of hydrogen-bond donors (Lipinski definition) is 1. The quantitative estimate of drug-likeness (QED) is 0.845. The van der Waals surface area contributed by atoms with E-state index >= 15 is 0 Å². The van der Waals surface area contributed by atoms with Gasteiger partial charge < -0.3 is 10.6 Å². The number of hydrogen-bond acceptors (Lipinski definition) is 3. The maximum absolute atomic E-state index is 6.04. The fourth-order valence-corrected chi connectivity index (χ4v) is 3.27. The van der Waals surface area contributed by atoms with E-state index in [0.29, 0.717) is 0 Å². The van der Waals surface area contributed by atoms with Crippen LogP contribution in [0.1, 0.15) is 26.7 Å². The molecule has 1 fully saturated rings. The smallest absolute Gasteiger partial charge is 0.0951 e. The van der Waals surface area contributed by atoms with Gasteiger partial charge in [-0.1, -0.05) is 26.0 Å². The van der Waals surface area contributed by atoms with Gasteiger partial charge in [0.05, 0.1) is 11.2 Å². The fraction of sp³-hybridized carbons (Fsp3) is 0.471. The molecule has 2 N–H and O–H groups in total. The van der Waals surface area contributed by atoms with Crippen molar-refractivity contribution >= 4 is 22.3 Å². The van der Waals surface area contributed by atoms with Crippen LogP contribution in [0.2, 0.25) is 0 Å². The molecule has 0 unspecified atom stereocenters. The van der Waals surface area contributed by atoms with Crippen LogP contribution in [0, 0.1) is 11.8 Å². The van der Waals surface area contributed by atoms with E-state index in [1.165, 1.54) is 23.9 Å². The number of piperidine rings is 1. The Morgan fingerprint density at radius 1 is 1.20 bits per heavy atom. The first-order valence-electron chi connectivity index (χ1n) is 7.55. The molecule has 0 atom stereocenters. The van der Waals surface area contributed by atoms with Gasteiger partial charge in [-0.3, -0.25) is 4.98 Å². The monoisotopic (exact) mass is 269 g/mol. The second kappa shape index (κ2) is 5.31. The Labute approximate surface area is 120 Å². The summed E-state index contributed by atoms with van der Waals surface area (Å²) in [6, 6.07) is 8.19. The van der Waals surface area contributed by atoms with Crippen molar-refractivity contribution < 1.29 is 0 Å². The van der Waals surface area contributed by atoms with Gasteiger partial charge in [0.2, 0.25) is 0 Å². The molecular weight excluding hydrogens is 246 g/mol. The highest BCUT2D eigenvalue weighted by molar-refractivity contribution is 5.98. The topological polar surface area (TPSA) is 42.2 Å². The number of fused-ring (bicyclic) bond motifs is 1. The van der Waals surface area contributed by atoms with Gasteiger partial charge in [0, 0.05) is 30.4 Å². The number of nitrogens with zero attached hydrogens (tertiary/aromatic N) is 2. The summed E-state index contributed by atoms with van der Waals surface area (Å²) in [6.45, 7) is 6.94. The predicted molar refractivity (Wildman–Crippen MR) is 85.9 cm³/mol. The molecule has 0 radical (unpaired) electrons. The van der Waals surface area contributed by atoms with Crippen LogP contribution >= 0.6 is 0 Å². The minimum Gasteiger partial charge on any atom is -0.397 e. The second-order valence-electron chi connectivity index (χ2n) is 6.14. The minimum absolute atomic E-state index is 0.765. The van der Waals surface area contributed by atoms with Crippen LogP contribution in [-0.4, -0.2) is 18.1 Å². The van der Waals surface area contributed by atoms with Gasteiger partial charge in [0.15, 0.2) is 0 Å². The van der Waals surface area contributed by atoms with Crippen LogP contribution in [0.15, 0.2) is 30.5 Å². The van der Waals surface area contributed by atoms with Crippen LogP contribution in [0.5, 0.6) is 0 Å². The van der Waals surface area contributed by atoms with Crippen LogP contribution in [0.3, 0.4) is 0 Å². The number of pyridine rings is 1. The third-order valence-corrected chi connectivity index (χ3v) is 4.60. The van der Waals surface area contributed by atoms with Gasteiger partial charge in [-0.15, -0.1) is 0 Å². The Balaban J connectivity index is 1.90. The summed E-state index contributed by atoms with van der Waals surface area (Å²) in [4.78, 5) is 6.92. The third-order valence-electron chi connectivity index (χ3n) is 4.60. The lowest BCUT2D eigenvalue weighted by atomic mass is 9.86. The summed E-state index contributed by atoms with van der Waals surface area (Å²) in [5.41, 5.74) is 9.01. The van der Waals surface area contributed by atoms with E-state index in [1.807, 2.05) is 18.3 Å². The van der Waals surface area contributed by atoms with E-state index in [2.05, 4.69) is 35.9 Å². The van der Waals surface area contributed by atoms with Gasteiger partial charge in [0.25, 0.3) is 0 Å². The molecule has 3 rings (SSSR count). The summed E-state index contributed by atoms with van der Waals surface area (Å²) < 4.78 is 0. The molecule has 2 heterocycles.